The van der Waals surface area contributed by atoms with Crippen LogP contribution in [-0.4, -0.2) is 9.55 Å². The van der Waals surface area contributed by atoms with Crippen molar-refractivity contribution in [2.24, 2.45) is 6.98 Å². The van der Waals surface area contributed by atoms with Gasteiger partial charge in [0.2, 0.25) is 0 Å². The van der Waals surface area contributed by atoms with Crippen LogP contribution in [0.15, 0.2) is 21.7 Å². The lowest BCUT2D eigenvalue weighted by atomic mass is 10.7. The number of rotatable bonds is 0. The molecule has 0 saturated carbocycles. The van der Waals surface area contributed by atoms with Crippen molar-refractivity contribution in [3.63, 3.8) is 0 Å². The second-order valence-electron chi connectivity index (χ2n) is 1.27. The van der Waals surface area contributed by atoms with E-state index in [1.165, 1.54) is 0 Å². The molecule has 3 nitrogen and oxygen atoms in total. The molecule has 0 aliphatic heterocycles. The highest BCUT2D eigenvalue weighted by Gasteiger charge is 1.91. The minimum Gasteiger partial charge on any atom is -0.303 e. The maximum absolute atomic E-state index is 11.2. The summed E-state index contributed by atoms with van der Waals surface area (Å²) in [7, 11) is 0. The summed E-state index contributed by atoms with van der Waals surface area (Å²) in [6, 6.07) is 0. The molecule has 1 heterocycles. The van der Waals surface area contributed by atoms with E-state index in [2.05, 4.69) is 20.9 Å². The summed E-state index contributed by atoms with van der Waals surface area (Å²) < 4.78 is 35.4. The van der Waals surface area contributed by atoms with Gasteiger partial charge in [0.05, 0.1) is 15.1 Å². The van der Waals surface area contributed by atoms with Crippen molar-refractivity contribution in [2.75, 3.05) is 0 Å². The van der Waals surface area contributed by atoms with Crippen molar-refractivity contribution in [3.05, 3.63) is 27.3 Å². The minimum absolute atomic E-state index is 0.251. The topological polar surface area (TPSA) is 34.9 Å². The van der Waals surface area contributed by atoms with E-state index in [1.54, 1.807) is 0 Å². The molecular weight excluding hydrogens is 184 g/mol. The van der Waals surface area contributed by atoms with Crippen LogP contribution < -0.4 is 5.56 Å². The van der Waals surface area contributed by atoms with Crippen LogP contribution >= 0.6 is 15.9 Å². The van der Waals surface area contributed by atoms with Gasteiger partial charge in [0.15, 0.2) is 0 Å². The highest BCUT2D eigenvalue weighted by atomic mass is 79.9. The predicted molar refractivity (Wildman–Crippen MR) is 37.2 cm³/mol. The molecule has 1 aromatic heterocycles. The van der Waals surface area contributed by atoms with Crippen molar-refractivity contribution in [2.45, 2.75) is 0 Å². The molecule has 0 aromatic carbocycles. The molecule has 0 aliphatic rings. The van der Waals surface area contributed by atoms with E-state index < -0.39 is 24.9 Å². The first kappa shape index (κ1) is 2.54. The Morgan fingerprint density at radius 2 is 2.78 bits per heavy atom. The summed E-state index contributed by atoms with van der Waals surface area (Å²) >= 11 is 2.77. The summed E-state index contributed by atoms with van der Waals surface area (Å²) in [4.78, 5) is 14.5. The van der Waals surface area contributed by atoms with Gasteiger partial charge in [-0.05, 0) is 15.9 Å². The number of nitrogens with zero attached hydrogens (tertiary/aromatic N) is 2. The van der Waals surface area contributed by atoms with Gasteiger partial charge < -0.3 is 4.57 Å². The van der Waals surface area contributed by atoms with Gasteiger partial charge >= 0.3 is 0 Å². The molecule has 0 radical (unpaired) electrons. The van der Waals surface area contributed by atoms with E-state index in [-0.39, 0.29) is 4.60 Å². The third-order valence-corrected chi connectivity index (χ3v) is 1.23. The van der Waals surface area contributed by atoms with Crippen LogP contribution in [0.3, 0.4) is 0 Å². The fourth-order valence-electron chi connectivity index (χ4n) is 0.311. The van der Waals surface area contributed by atoms with Gasteiger partial charge in [0.25, 0.3) is 5.56 Å². The first-order valence-corrected chi connectivity index (χ1v) is 2.80. The van der Waals surface area contributed by atoms with Gasteiger partial charge in [-0.25, -0.2) is 0 Å². The van der Waals surface area contributed by atoms with Gasteiger partial charge in [-0.3, -0.25) is 9.78 Å². The fraction of sp³-hybridized carbons (Fsp3) is 0.200. The second kappa shape index (κ2) is 2.31. The van der Waals surface area contributed by atoms with E-state index in [0.29, 0.717) is 4.57 Å². The highest BCUT2D eigenvalue weighted by molar-refractivity contribution is 9.10. The Morgan fingerprint density at radius 3 is 3.44 bits per heavy atom. The smallest absolute Gasteiger partial charge is 0.269 e. The molecule has 0 N–H and O–H groups in total. The summed E-state index contributed by atoms with van der Waals surface area (Å²) in [6.07, 6.45) is -1.21. The number of hydrogen-bond acceptors (Lipinski definition) is 2. The lowest BCUT2D eigenvalue weighted by Crippen LogP contribution is -2.16. The van der Waals surface area contributed by atoms with Gasteiger partial charge in [0, 0.05) is 11.1 Å². The van der Waals surface area contributed by atoms with E-state index >= 15 is 0 Å². The Labute approximate surface area is 67.5 Å². The van der Waals surface area contributed by atoms with E-state index in [0.717, 1.165) is 0 Å². The van der Waals surface area contributed by atoms with Crippen LogP contribution in [-0.2, 0) is 6.98 Å². The second-order valence-corrected chi connectivity index (χ2v) is 2.02. The minimum atomic E-state index is -2.72. The predicted octanol–water partition coefficient (Wildman–Crippen LogP) is 0.543. The zero-order valence-electron chi connectivity index (χ0n) is 9.18. The highest BCUT2D eigenvalue weighted by Crippen LogP contribution is 2.00. The molecule has 0 saturated heterocycles. The molecule has 1 rings (SSSR count). The fourth-order valence-corrected chi connectivity index (χ4v) is 0.561. The third kappa shape index (κ3) is 1.18. The van der Waals surface area contributed by atoms with E-state index in [1.807, 2.05) is 0 Å². The molecule has 0 unspecified atom stereocenters. The third-order valence-electron chi connectivity index (χ3n) is 0.699. The van der Waals surface area contributed by atoms with Crippen molar-refractivity contribution in [1.29, 1.82) is 0 Å². The first-order chi connectivity index (χ1) is 6.25. The van der Waals surface area contributed by atoms with Crippen molar-refractivity contribution < 1.29 is 6.85 Å². The molecule has 0 amide bonds. The van der Waals surface area contributed by atoms with Crippen LogP contribution in [0.25, 0.3) is 0 Å². The Hall–Kier alpha value is -0.640. The van der Waals surface area contributed by atoms with Crippen molar-refractivity contribution in [1.82, 2.24) is 9.55 Å². The normalized spacial score (nSPS) is 19.0. The molecule has 4 heteroatoms. The van der Waals surface area contributed by atoms with Crippen LogP contribution in [0.5, 0.6) is 0 Å². The summed E-state index contributed by atoms with van der Waals surface area (Å²) in [6.45, 7) is -2.72. The zero-order chi connectivity index (χ0) is 11.1. The van der Waals surface area contributed by atoms with Crippen LogP contribution in [0.2, 0.25) is 0 Å². The Kier molecular flexibility index (Phi) is 0.650. The zero-order valence-corrected chi connectivity index (χ0v) is 5.77. The Morgan fingerprint density at radius 1 is 2.00 bits per heavy atom. The summed E-state index contributed by atoms with van der Waals surface area (Å²) in [5, 5.41) is 0. The van der Waals surface area contributed by atoms with Crippen LogP contribution in [0.4, 0.5) is 0 Å². The van der Waals surface area contributed by atoms with Gasteiger partial charge in [-0.1, -0.05) is 0 Å². The Balaban J connectivity index is 3.65. The average molecular weight is 194 g/mol. The molecule has 0 atom stereocenters. The van der Waals surface area contributed by atoms with Crippen LogP contribution in [0.1, 0.15) is 6.85 Å². The monoisotopic (exact) mass is 193 g/mol. The molecule has 9 heavy (non-hydrogen) atoms. The quantitative estimate of drug-likeness (QED) is 0.604. The van der Waals surface area contributed by atoms with Gasteiger partial charge in [0.1, 0.15) is 4.60 Å². The SMILES string of the molecule is [2H]c1nc([2H])c(=O)n(C([2H])([2H])[2H])c1Br. The van der Waals surface area contributed by atoms with Gasteiger partial charge in [-0.15, -0.1) is 0 Å². The first-order valence-electron chi connectivity index (χ1n) is 4.51. The number of hydrogen-bond donors (Lipinski definition) is 0. The number of aromatic nitrogens is 2. The molecular formula is C5H5BrN2O. The van der Waals surface area contributed by atoms with Crippen molar-refractivity contribution in [3.8, 4) is 0 Å². The summed E-state index contributed by atoms with van der Waals surface area (Å²) in [5.74, 6) is 0. The molecule has 1 aromatic rings. The van der Waals surface area contributed by atoms with Gasteiger partial charge in [-0.2, -0.15) is 0 Å². The summed E-state index contributed by atoms with van der Waals surface area (Å²) in [5.41, 5.74) is -1.05. The molecule has 48 valence electrons. The molecule has 0 aliphatic carbocycles. The maximum Gasteiger partial charge on any atom is 0.269 e. The lowest BCUT2D eigenvalue weighted by molar-refractivity contribution is 0.815. The molecule has 0 fully saturated rings. The standard InChI is InChI=1S/C5H5BrN2O/c1-8-4(6)2-7-3-5(8)9/h2-3H,1H3/i1D3,2D,3D. The van der Waals surface area contributed by atoms with Crippen LogP contribution in [0, 0.1) is 0 Å². The average Bonchev–Trinajstić information content (AvgIpc) is 1.98. The maximum atomic E-state index is 11.2. The largest absolute Gasteiger partial charge is 0.303 e. The van der Waals surface area contributed by atoms with E-state index in [9.17, 15) is 4.79 Å². The van der Waals surface area contributed by atoms with E-state index in [4.69, 9.17) is 6.85 Å². The Bertz CT molecular complexity index is 425. The molecule has 0 bridgehead atoms. The lowest BCUT2D eigenvalue weighted by Gasteiger charge is -1.95. The number of halogens is 1. The van der Waals surface area contributed by atoms with Crippen molar-refractivity contribution >= 4 is 15.9 Å². The molecule has 0 spiro atoms.